The van der Waals surface area contributed by atoms with Crippen molar-refractivity contribution in [3.8, 4) is 66.8 Å². The van der Waals surface area contributed by atoms with Crippen molar-refractivity contribution in [2.45, 2.75) is 143 Å². The Balaban J connectivity index is 1.29. The largest absolute Gasteiger partial charge is 0.416 e. The van der Waals surface area contributed by atoms with Crippen molar-refractivity contribution in [3.63, 3.8) is 0 Å². The van der Waals surface area contributed by atoms with Crippen molar-refractivity contribution in [2.75, 3.05) is 0 Å². The second-order valence-corrected chi connectivity index (χ2v) is 27.0. The van der Waals surface area contributed by atoms with Gasteiger partial charge in [0.2, 0.25) is 13.4 Å². The Morgan fingerprint density at radius 1 is 0.261 bits per heavy atom. The van der Waals surface area contributed by atoms with Crippen molar-refractivity contribution in [2.24, 2.45) is 0 Å². The molecule has 446 valence electrons. The van der Waals surface area contributed by atoms with E-state index >= 15 is 26.3 Å². The summed E-state index contributed by atoms with van der Waals surface area (Å²) in [6.07, 6.45) is -19.6. The molecule has 0 aliphatic carbocycles. The molecule has 10 aromatic carbocycles. The van der Waals surface area contributed by atoms with Crippen molar-refractivity contribution in [1.29, 1.82) is 0 Å². The van der Waals surface area contributed by atoms with Gasteiger partial charge in [0.05, 0.1) is 22.3 Å². The maximum absolute atomic E-state index is 15.7. The predicted octanol–water partition coefficient (Wildman–Crippen LogP) is 19.7. The Bertz CT molecular complexity index is 4340. The van der Waals surface area contributed by atoms with Crippen LogP contribution in [0.3, 0.4) is 0 Å². The minimum absolute atomic E-state index is 0.0343. The molecule has 0 spiro atoms. The molecule has 88 heavy (non-hydrogen) atoms. The Labute approximate surface area is 503 Å². The highest BCUT2D eigenvalue weighted by atomic mass is 19.4. The van der Waals surface area contributed by atoms with Gasteiger partial charge >= 0.3 is 24.7 Å². The van der Waals surface area contributed by atoms with Gasteiger partial charge in [-0.15, -0.1) is 0 Å². The van der Waals surface area contributed by atoms with Crippen LogP contribution in [-0.2, 0) is 24.7 Å². The van der Waals surface area contributed by atoms with E-state index in [1.165, 1.54) is 12.1 Å². The van der Waals surface area contributed by atoms with E-state index in [4.69, 9.17) is 0 Å². The van der Waals surface area contributed by atoms with Gasteiger partial charge in [-0.05, 0) is 216 Å². The zero-order valence-electron chi connectivity index (χ0n) is 50.5. The van der Waals surface area contributed by atoms with Gasteiger partial charge in [-0.3, -0.25) is 0 Å². The van der Waals surface area contributed by atoms with Crippen molar-refractivity contribution in [1.82, 2.24) is 0 Å². The Kier molecular flexibility index (Phi) is 12.6. The summed E-state index contributed by atoms with van der Waals surface area (Å²) in [5.74, 6) is -0.292. The third kappa shape index (κ3) is 8.30. The van der Waals surface area contributed by atoms with Gasteiger partial charge in [-0.25, -0.2) is 0 Å². The molecule has 14 rings (SSSR count). The molecule has 0 atom stereocenters. The smallest absolute Gasteiger partial charge is 0.166 e. The van der Waals surface area contributed by atoms with Crippen molar-refractivity contribution >= 4 is 78.5 Å². The topological polar surface area (TPSA) is 0 Å². The van der Waals surface area contributed by atoms with Crippen molar-refractivity contribution < 1.29 is 52.7 Å². The summed E-state index contributed by atoms with van der Waals surface area (Å²) in [5.41, 5.74) is 9.37. The first-order valence-corrected chi connectivity index (χ1v) is 30.3. The van der Waals surface area contributed by atoms with E-state index in [9.17, 15) is 26.3 Å². The van der Waals surface area contributed by atoms with E-state index in [0.717, 1.165) is 93.0 Å². The van der Waals surface area contributed by atoms with Crippen LogP contribution in [-0.4, -0.2) is 13.4 Å². The molecule has 0 nitrogen and oxygen atoms in total. The average Bonchev–Trinajstić information content (AvgIpc) is 1.18. The minimum Gasteiger partial charge on any atom is -0.166 e. The molecule has 0 amide bonds. The molecule has 14 heteroatoms. The van der Waals surface area contributed by atoms with Crippen LogP contribution < -0.4 is 32.8 Å². The Morgan fingerprint density at radius 2 is 0.545 bits per heavy atom. The van der Waals surface area contributed by atoms with Crippen LogP contribution in [0.4, 0.5) is 52.7 Å². The maximum atomic E-state index is 15.7. The summed E-state index contributed by atoms with van der Waals surface area (Å²) >= 11 is 0. The number of halogens is 12. The van der Waals surface area contributed by atoms with Gasteiger partial charge < -0.3 is 0 Å². The van der Waals surface area contributed by atoms with E-state index in [-0.39, 0.29) is 68.9 Å². The second kappa shape index (κ2) is 19.0. The lowest BCUT2D eigenvalue weighted by atomic mass is 9.34. The number of rotatable bonds is 8. The lowest BCUT2D eigenvalue weighted by molar-refractivity contribution is -0.138. The van der Waals surface area contributed by atoms with Crippen LogP contribution >= 0.6 is 0 Å². The molecule has 4 heterocycles. The molecule has 10 aromatic rings. The first-order chi connectivity index (χ1) is 41.1. The monoisotopic (exact) mass is 1200 g/mol. The molecule has 4 aliphatic rings. The van der Waals surface area contributed by atoms with E-state index in [1.54, 1.807) is 0 Å². The number of hydrogen-bond donors (Lipinski definition) is 0. The molecule has 0 saturated heterocycles. The summed E-state index contributed by atoms with van der Waals surface area (Å²) in [5, 5.41) is 3.74. The molecular formula is C74H60B2F12. The van der Waals surface area contributed by atoms with Gasteiger partial charge in [-0.2, -0.15) is 52.7 Å². The summed E-state index contributed by atoms with van der Waals surface area (Å²) in [6, 6.07) is 27.7. The van der Waals surface area contributed by atoms with E-state index < -0.39 is 60.4 Å². The highest BCUT2D eigenvalue weighted by Gasteiger charge is 2.49. The molecule has 0 aromatic heterocycles. The fourth-order valence-corrected chi connectivity index (χ4v) is 15.6. The van der Waals surface area contributed by atoms with Crippen LogP contribution in [0.25, 0.3) is 99.1 Å². The third-order valence-electron chi connectivity index (χ3n) is 19.7. The number of fused-ring (bicyclic) bond motifs is 10. The maximum Gasteiger partial charge on any atom is 0.416 e. The van der Waals surface area contributed by atoms with E-state index in [0.29, 0.717) is 87.3 Å². The lowest BCUT2D eigenvalue weighted by Crippen LogP contribution is -2.53. The fourth-order valence-electron chi connectivity index (χ4n) is 15.6. The van der Waals surface area contributed by atoms with E-state index in [1.807, 2.05) is 12.1 Å². The van der Waals surface area contributed by atoms with Crippen LogP contribution in [0.15, 0.2) is 109 Å². The zero-order chi connectivity index (χ0) is 63.0. The number of benzene rings is 10. The van der Waals surface area contributed by atoms with Crippen LogP contribution in [0, 0.1) is 0 Å². The molecule has 0 unspecified atom stereocenters. The third-order valence-corrected chi connectivity index (χ3v) is 19.7. The summed E-state index contributed by atoms with van der Waals surface area (Å²) < 4.78 is 184. The quantitative estimate of drug-likeness (QED) is 0.0808. The number of hydrogen-bond acceptors (Lipinski definition) is 0. The molecule has 0 saturated carbocycles. The average molecular weight is 1200 g/mol. The standard InChI is InChI=1S/C74H60B2F12/c1-31(2)37-17-43(33(5)6)63(44(18-37)34(7)8)49-27-51-57-25-41(73(83,84)85)23-55-47-21-40(72(80,81)82)14-16-60(47)76(69(55)57)62-30-54-50(64-45(35(9)10)19-38(32(3)4)20-46(64)36(11)12)28-52-58-26-42(74(86,87)88)24-56-48-22-39(71(77,78)79)13-15-59(48)75(70(56)58)61-29-53(49)67(65(51)62)68(54)66(52)61/h13-36H,1-12H3. The Morgan fingerprint density at radius 3 is 0.818 bits per heavy atom. The van der Waals surface area contributed by atoms with Gasteiger partial charge in [0, 0.05) is 0 Å². The fraction of sp³-hybridized carbons (Fsp3) is 0.297. The second-order valence-electron chi connectivity index (χ2n) is 27.0. The highest BCUT2D eigenvalue weighted by Crippen LogP contribution is 2.55. The van der Waals surface area contributed by atoms with Crippen LogP contribution in [0.1, 0.15) is 174 Å². The molecule has 0 N–H and O–H groups in total. The van der Waals surface area contributed by atoms with Gasteiger partial charge in [-0.1, -0.05) is 177 Å². The number of alkyl halides is 12. The van der Waals surface area contributed by atoms with Crippen molar-refractivity contribution in [3.05, 3.63) is 165 Å². The molecule has 0 fully saturated rings. The lowest BCUT2D eigenvalue weighted by Gasteiger charge is -2.34. The first-order valence-electron chi connectivity index (χ1n) is 30.3. The SMILES string of the molecule is CC(C)c1cc(C(C)C)c(-c2cc3c4c(cc5c(-c6c(C(C)C)cc(C(C)C)cc6C(C)C)cc6c7c(cc2c4c57)B2c4ccc(C(F)(F)F)cc4-c4cc(C(F)(F)F)cc-6c42)B2c4ccc(C(F)(F)F)cc4-c4cc(C(F)(F)F)cc-3c42)c(C(C)C)c1. The van der Waals surface area contributed by atoms with Gasteiger partial charge in [0.1, 0.15) is 0 Å². The summed E-state index contributed by atoms with van der Waals surface area (Å²) in [4.78, 5) is 0. The van der Waals surface area contributed by atoms with E-state index in [2.05, 4.69) is 119 Å². The Hall–Kier alpha value is -7.47. The highest BCUT2D eigenvalue weighted by molar-refractivity contribution is 7.03. The van der Waals surface area contributed by atoms with Gasteiger partial charge in [0.15, 0.2) is 0 Å². The summed E-state index contributed by atoms with van der Waals surface area (Å²) in [7, 11) is 0. The van der Waals surface area contributed by atoms with Crippen LogP contribution in [0.2, 0.25) is 0 Å². The minimum atomic E-state index is -4.94. The molecule has 0 radical (unpaired) electrons. The molecular weight excluding hydrogens is 1140 g/mol. The van der Waals surface area contributed by atoms with Gasteiger partial charge in [0.25, 0.3) is 0 Å². The molecule has 0 bridgehead atoms. The normalized spacial score (nSPS) is 14.2. The zero-order valence-corrected chi connectivity index (χ0v) is 50.5. The predicted molar refractivity (Wildman–Crippen MR) is 337 cm³/mol. The summed E-state index contributed by atoms with van der Waals surface area (Å²) in [6.45, 7) is 23.4. The van der Waals surface area contributed by atoms with Crippen LogP contribution in [0.5, 0.6) is 0 Å². The molecule has 4 aliphatic heterocycles. The first kappa shape index (κ1) is 58.2.